The van der Waals surface area contributed by atoms with Gasteiger partial charge in [0.2, 0.25) is 5.91 Å². The number of para-hydroxylation sites is 1. The van der Waals surface area contributed by atoms with Crippen LogP contribution in [0, 0.1) is 5.92 Å². The summed E-state index contributed by atoms with van der Waals surface area (Å²) in [6.07, 6.45) is 7.38. The van der Waals surface area contributed by atoms with Gasteiger partial charge in [0.1, 0.15) is 0 Å². The number of rotatable bonds is 5. The van der Waals surface area contributed by atoms with E-state index in [0.717, 1.165) is 5.92 Å². The van der Waals surface area contributed by atoms with E-state index in [1.165, 1.54) is 38.5 Å². The molecule has 0 atom stereocenters. The third kappa shape index (κ3) is 4.40. The molecule has 0 aliphatic heterocycles. The molecule has 0 aromatic heterocycles. The Morgan fingerprint density at radius 3 is 2.13 bits per heavy atom. The van der Waals surface area contributed by atoms with Gasteiger partial charge >= 0.3 is 0 Å². The first kappa shape index (κ1) is 17.1. The number of hydrogen-bond acceptors (Lipinski definition) is 2. The molecule has 2 aliphatic rings. The molecule has 23 heavy (non-hydrogen) atoms. The van der Waals surface area contributed by atoms with E-state index >= 15 is 0 Å². The molecule has 0 radical (unpaired) electrons. The summed E-state index contributed by atoms with van der Waals surface area (Å²) in [5.74, 6) is 0.800. The minimum Gasteiger partial charge on any atom is -0.322 e. The van der Waals surface area contributed by atoms with Crippen molar-refractivity contribution >= 4 is 34.8 Å². The van der Waals surface area contributed by atoms with E-state index in [0.29, 0.717) is 34.4 Å². The van der Waals surface area contributed by atoms with Gasteiger partial charge in [0.05, 0.1) is 22.3 Å². The molecule has 0 heterocycles. The molecule has 0 saturated heterocycles. The van der Waals surface area contributed by atoms with Gasteiger partial charge in [0.15, 0.2) is 0 Å². The fourth-order valence-corrected chi connectivity index (χ4v) is 3.99. The van der Waals surface area contributed by atoms with Gasteiger partial charge in [-0.1, -0.05) is 36.2 Å². The topological polar surface area (TPSA) is 32.3 Å². The van der Waals surface area contributed by atoms with Crippen molar-refractivity contribution < 1.29 is 4.79 Å². The standard InChI is InChI=1S/C18H24Cl2N2O/c1-12-5-7-13(8-6-12)22(14-9-10-14)11-17(23)21-18-15(19)3-2-4-16(18)20/h2-4,12-14H,5-11H2,1H3,(H,21,23). The Morgan fingerprint density at radius 1 is 1.09 bits per heavy atom. The van der Waals surface area contributed by atoms with Crippen molar-refractivity contribution in [2.75, 3.05) is 11.9 Å². The molecule has 0 bridgehead atoms. The second-order valence-electron chi connectivity index (χ2n) is 6.96. The third-order valence-electron chi connectivity index (χ3n) is 5.02. The van der Waals surface area contributed by atoms with E-state index in [9.17, 15) is 4.79 Å². The highest BCUT2D eigenvalue weighted by atomic mass is 35.5. The van der Waals surface area contributed by atoms with E-state index < -0.39 is 0 Å². The van der Waals surface area contributed by atoms with Crippen molar-refractivity contribution in [3.63, 3.8) is 0 Å². The van der Waals surface area contributed by atoms with Crippen LogP contribution in [0.15, 0.2) is 18.2 Å². The van der Waals surface area contributed by atoms with Crippen LogP contribution in [0.3, 0.4) is 0 Å². The largest absolute Gasteiger partial charge is 0.322 e. The number of hydrogen-bond donors (Lipinski definition) is 1. The zero-order valence-corrected chi connectivity index (χ0v) is 15.0. The smallest absolute Gasteiger partial charge is 0.238 e. The average molecular weight is 355 g/mol. The van der Waals surface area contributed by atoms with Gasteiger partial charge in [0.25, 0.3) is 0 Å². The summed E-state index contributed by atoms with van der Waals surface area (Å²) in [5.41, 5.74) is 0.522. The number of carbonyl (C=O) groups excluding carboxylic acids is 1. The van der Waals surface area contributed by atoms with Crippen LogP contribution < -0.4 is 5.32 Å². The predicted octanol–water partition coefficient (Wildman–Crippen LogP) is 4.98. The van der Waals surface area contributed by atoms with Gasteiger partial charge in [-0.05, 0) is 56.6 Å². The Kier molecular flexibility index (Phi) is 5.50. The Balaban J connectivity index is 1.63. The minimum atomic E-state index is -0.0227. The van der Waals surface area contributed by atoms with Crippen LogP contribution in [0.2, 0.25) is 10.0 Å². The summed E-state index contributed by atoms with van der Waals surface area (Å²) < 4.78 is 0. The molecule has 0 spiro atoms. The van der Waals surface area contributed by atoms with E-state index in [4.69, 9.17) is 23.2 Å². The SMILES string of the molecule is CC1CCC(N(CC(=O)Nc2c(Cl)cccc2Cl)C2CC2)CC1. The maximum atomic E-state index is 12.5. The van der Waals surface area contributed by atoms with Gasteiger partial charge in [-0.15, -0.1) is 0 Å². The number of anilines is 1. The summed E-state index contributed by atoms with van der Waals surface area (Å²) in [7, 11) is 0. The predicted molar refractivity (Wildman–Crippen MR) is 96.2 cm³/mol. The molecule has 126 valence electrons. The molecule has 2 fully saturated rings. The minimum absolute atomic E-state index is 0.0227. The lowest BCUT2D eigenvalue weighted by atomic mass is 9.86. The highest BCUT2D eigenvalue weighted by Crippen LogP contribution is 2.35. The second-order valence-corrected chi connectivity index (χ2v) is 7.78. The Morgan fingerprint density at radius 2 is 1.61 bits per heavy atom. The highest BCUT2D eigenvalue weighted by molar-refractivity contribution is 6.39. The second kappa shape index (κ2) is 7.42. The van der Waals surface area contributed by atoms with E-state index in [1.807, 2.05) is 0 Å². The first-order valence-corrected chi connectivity index (χ1v) is 9.30. The van der Waals surface area contributed by atoms with Crippen LogP contribution in [0.25, 0.3) is 0 Å². The van der Waals surface area contributed by atoms with E-state index in [-0.39, 0.29) is 5.91 Å². The molecule has 1 aromatic carbocycles. The zero-order valence-electron chi connectivity index (χ0n) is 13.5. The molecule has 3 nitrogen and oxygen atoms in total. The summed E-state index contributed by atoms with van der Waals surface area (Å²) in [4.78, 5) is 14.9. The third-order valence-corrected chi connectivity index (χ3v) is 5.65. The van der Waals surface area contributed by atoms with E-state index in [1.54, 1.807) is 18.2 Å². The van der Waals surface area contributed by atoms with Crippen molar-refractivity contribution in [2.45, 2.75) is 57.5 Å². The van der Waals surface area contributed by atoms with Crippen LogP contribution in [0.1, 0.15) is 45.4 Å². The van der Waals surface area contributed by atoms with Crippen molar-refractivity contribution in [2.24, 2.45) is 5.92 Å². The first-order valence-electron chi connectivity index (χ1n) is 8.54. The van der Waals surface area contributed by atoms with Crippen LogP contribution in [0.4, 0.5) is 5.69 Å². The number of carbonyl (C=O) groups is 1. The monoisotopic (exact) mass is 354 g/mol. The lowest BCUT2D eigenvalue weighted by molar-refractivity contribution is -0.118. The van der Waals surface area contributed by atoms with Crippen LogP contribution in [-0.2, 0) is 4.79 Å². The molecule has 2 aliphatic carbocycles. The quantitative estimate of drug-likeness (QED) is 0.808. The lowest BCUT2D eigenvalue weighted by Gasteiger charge is -2.36. The van der Waals surface area contributed by atoms with Crippen LogP contribution in [0.5, 0.6) is 0 Å². The Labute approximate surface area is 148 Å². The summed E-state index contributed by atoms with van der Waals surface area (Å²) >= 11 is 12.3. The molecule has 5 heteroatoms. The fraction of sp³-hybridized carbons (Fsp3) is 0.611. The zero-order chi connectivity index (χ0) is 16.4. The Hall–Kier alpha value is -0.770. The van der Waals surface area contributed by atoms with Crippen molar-refractivity contribution in [3.8, 4) is 0 Å². The summed E-state index contributed by atoms with van der Waals surface area (Å²) in [5, 5.41) is 3.86. The molecule has 2 saturated carbocycles. The van der Waals surface area contributed by atoms with Gasteiger partial charge in [0, 0.05) is 12.1 Å². The summed E-state index contributed by atoms with van der Waals surface area (Å²) in [6, 6.07) is 6.39. The maximum Gasteiger partial charge on any atom is 0.238 e. The molecule has 1 aromatic rings. The fourth-order valence-electron chi connectivity index (χ4n) is 3.50. The number of amides is 1. The summed E-state index contributed by atoms with van der Waals surface area (Å²) in [6.45, 7) is 2.76. The molecular weight excluding hydrogens is 331 g/mol. The van der Waals surface area contributed by atoms with Gasteiger partial charge in [-0.2, -0.15) is 0 Å². The average Bonchev–Trinajstić information content (AvgIpc) is 3.34. The first-order chi connectivity index (χ1) is 11.0. The molecule has 3 rings (SSSR count). The Bertz CT molecular complexity index is 546. The van der Waals surface area contributed by atoms with Crippen LogP contribution >= 0.6 is 23.2 Å². The molecule has 1 N–H and O–H groups in total. The molecule has 0 unspecified atom stereocenters. The van der Waals surface area contributed by atoms with Gasteiger partial charge < -0.3 is 5.32 Å². The lowest BCUT2D eigenvalue weighted by Crippen LogP contribution is -2.44. The number of benzene rings is 1. The molecular formula is C18H24Cl2N2O. The normalized spacial score (nSPS) is 24.7. The number of nitrogens with zero attached hydrogens (tertiary/aromatic N) is 1. The van der Waals surface area contributed by atoms with Crippen molar-refractivity contribution in [1.82, 2.24) is 4.90 Å². The van der Waals surface area contributed by atoms with Gasteiger partial charge in [-0.3, -0.25) is 9.69 Å². The van der Waals surface area contributed by atoms with E-state index in [2.05, 4.69) is 17.1 Å². The highest BCUT2D eigenvalue weighted by Gasteiger charge is 2.36. The maximum absolute atomic E-state index is 12.5. The number of halogens is 2. The molecule has 1 amide bonds. The van der Waals surface area contributed by atoms with Crippen molar-refractivity contribution in [3.05, 3.63) is 28.2 Å². The number of nitrogens with one attached hydrogen (secondary N) is 1. The van der Waals surface area contributed by atoms with Gasteiger partial charge in [-0.25, -0.2) is 0 Å². The van der Waals surface area contributed by atoms with Crippen LogP contribution in [-0.4, -0.2) is 29.4 Å². The van der Waals surface area contributed by atoms with Crippen molar-refractivity contribution in [1.29, 1.82) is 0 Å².